The predicted octanol–water partition coefficient (Wildman–Crippen LogP) is 2.57. The van der Waals surface area contributed by atoms with E-state index < -0.39 is 0 Å². The average Bonchev–Trinajstić information content (AvgIpc) is 3.10. The molecular formula is C20H20FN3O3. The number of H-pyrrole nitrogens is 1. The zero-order chi connectivity index (χ0) is 19.2. The zero-order valence-electron chi connectivity index (χ0n) is 14.9. The van der Waals surface area contributed by atoms with Gasteiger partial charge in [0.15, 0.2) is 0 Å². The van der Waals surface area contributed by atoms with E-state index in [4.69, 9.17) is 4.74 Å². The highest BCUT2D eigenvalue weighted by molar-refractivity contribution is 6.07. The topological polar surface area (TPSA) is 74.4 Å². The second kappa shape index (κ2) is 8.35. The van der Waals surface area contributed by atoms with Crippen molar-refractivity contribution in [1.29, 1.82) is 0 Å². The summed E-state index contributed by atoms with van der Waals surface area (Å²) in [4.78, 5) is 29.0. The molecule has 3 aromatic rings. The van der Waals surface area contributed by atoms with Gasteiger partial charge >= 0.3 is 0 Å². The fraction of sp³-hybridized carbons (Fsp3) is 0.200. The maximum atomic E-state index is 12.8. The van der Waals surface area contributed by atoms with Crippen molar-refractivity contribution < 1.29 is 18.7 Å². The van der Waals surface area contributed by atoms with Crippen LogP contribution in [-0.4, -0.2) is 48.4 Å². The predicted molar refractivity (Wildman–Crippen MR) is 100 cm³/mol. The first-order valence-electron chi connectivity index (χ1n) is 8.51. The molecule has 0 saturated carbocycles. The largest absolute Gasteiger partial charge is 0.492 e. The van der Waals surface area contributed by atoms with Gasteiger partial charge in [-0.3, -0.25) is 9.59 Å². The summed E-state index contributed by atoms with van der Waals surface area (Å²) in [5, 5.41) is 3.51. The van der Waals surface area contributed by atoms with Crippen molar-refractivity contribution in [2.24, 2.45) is 0 Å². The number of aromatic nitrogens is 1. The number of likely N-dealkylation sites (N-methyl/N-ethyl adjacent to an activating group) is 1. The van der Waals surface area contributed by atoms with Gasteiger partial charge in [-0.15, -0.1) is 0 Å². The number of rotatable bonds is 7. The summed E-state index contributed by atoms with van der Waals surface area (Å²) < 4.78 is 18.2. The fourth-order valence-electron chi connectivity index (χ4n) is 2.69. The molecule has 0 aliphatic rings. The minimum Gasteiger partial charge on any atom is -0.492 e. The lowest BCUT2D eigenvalue weighted by molar-refractivity contribution is -0.121. The standard InChI is InChI=1S/C20H20FN3O3/c1-24(20(26)17-12-23-18-5-3-2-4-16(17)18)13-19(25)22-10-11-27-15-8-6-14(21)7-9-15/h2-9,12,23H,10-11,13H2,1H3,(H,22,25). The van der Waals surface area contributed by atoms with Crippen LogP contribution in [0.2, 0.25) is 0 Å². The number of halogens is 1. The van der Waals surface area contributed by atoms with Crippen molar-refractivity contribution in [1.82, 2.24) is 15.2 Å². The van der Waals surface area contributed by atoms with Crippen molar-refractivity contribution in [3.05, 3.63) is 66.1 Å². The molecule has 0 radical (unpaired) electrons. The number of benzene rings is 2. The Kier molecular flexibility index (Phi) is 5.71. The van der Waals surface area contributed by atoms with Gasteiger partial charge in [-0.25, -0.2) is 4.39 Å². The van der Waals surface area contributed by atoms with Crippen LogP contribution in [0.4, 0.5) is 4.39 Å². The molecule has 0 aliphatic carbocycles. The number of carbonyl (C=O) groups excluding carboxylic acids is 2. The van der Waals surface area contributed by atoms with Gasteiger partial charge in [0.2, 0.25) is 5.91 Å². The number of hydrogen-bond acceptors (Lipinski definition) is 3. The van der Waals surface area contributed by atoms with Crippen molar-refractivity contribution >= 4 is 22.7 Å². The molecule has 7 heteroatoms. The monoisotopic (exact) mass is 369 g/mol. The van der Waals surface area contributed by atoms with Crippen LogP contribution in [0.5, 0.6) is 5.75 Å². The number of nitrogens with one attached hydrogen (secondary N) is 2. The minimum absolute atomic E-state index is 0.0606. The Balaban J connectivity index is 1.45. The molecule has 27 heavy (non-hydrogen) atoms. The Morgan fingerprint density at radius 3 is 2.67 bits per heavy atom. The van der Waals surface area contributed by atoms with Gasteiger partial charge in [0, 0.05) is 24.1 Å². The van der Waals surface area contributed by atoms with Crippen LogP contribution < -0.4 is 10.1 Å². The third-order valence-corrected chi connectivity index (χ3v) is 4.05. The molecule has 0 aliphatic heterocycles. The molecule has 0 atom stereocenters. The Morgan fingerprint density at radius 1 is 1.15 bits per heavy atom. The lowest BCUT2D eigenvalue weighted by Gasteiger charge is -2.16. The third kappa shape index (κ3) is 4.63. The SMILES string of the molecule is CN(CC(=O)NCCOc1ccc(F)cc1)C(=O)c1c[nH]c2ccccc12. The van der Waals surface area contributed by atoms with Crippen LogP contribution in [0.15, 0.2) is 54.7 Å². The molecule has 0 spiro atoms. The van der Waals surface area contributed by atoms with Crippen molar-refractivity contribution in [3.8, 4) is 5.75 Å². The Bertz CT molecular complexity index is 937. The van der Waals surface area contributed by atoms with Gasteiger partial charge in [0.25, 0.3) is 5.91 Å². The number of hydrogen-bond donors (Lipinski definition) is 2. The Labute approximate surface area is 155 Å². The number of fused-ring (bicyclic) bond motifs is 1. The molecule has 3 rings (SSSR count). The van der Waals surface area contributed by atoms with Gasteiger partial charge in [0.05, 0.1) is 18.7 Å². The van der Waals surface area contributed by atoms with E-state index >= 15 is 0 Å². The van der Waals surface area contributed by atoms with E-state index in [0.29, 0.717) is 11.3 Å². The second-order valence-corrected chi connectivity index (χ2v) is 6.06. The normalized spacial score (nSPS) is 10.6. The van der Waals surface area contributed by atoms with Crippen LogP contribution in [0.25, 0.3) is 10.9 Å². The van der Waals surface area contributed by atoms with Crippen LogP contribution in [0.1, 0.15) is 10.4 Å². The first-order valence-corrected chi connectivity index (χ1v) is 8.51. The van der Waals surface area contributed by atoms with E-state index in [1.54, 1.807) is 13.2 Å². The van der Waals surface area contributed by atoms with Gasteiger partial charge in [-0.1, -0.05) is 18.2 Å². The number of ether oxygens (including phenoxy) is 1. The van der Waals surface area contributed by atoms with Gasteiger partial charge in [-0.2, -0.15) is 0 Å². The second-order valence-electron chi connectivity index (χ2n) is 6.06. The maximum absolute atomic E-state index is 12.8. The highest BCUT2D eigenvalue weighted by atomic mass is 19.1. The highest BCUT2D eigenvalue weighted by Gasteiger charge is 2.18. The molecule has 0 saturated heterocycles. The van der Waals surface area contributed by atoms with Crippen molar-refractivity contribution in [2.45, 2.75) is 0 Å². The van der Waals surface area contributed by atoms with Crippen molar-refractivity contribution in [3.63, 3.8) is 0 Å². The number of carbonyl (C=O) groups is 2. The molecule has 6 nitrogen and oxygen atoms in total. The molecule has 0 bridgehead atoms. The molecule has 2 amide bonds. The zero-order valence-corrected chi connectivity index (χ0v) is 14.9. The highest BCUT2D eigenvalue weighted by Crippen LogP contribution is 2.18. The first kappa shape index (κ1) is 18.4. The first-order chi connectivity index (χ1) is 13.0. The number of para-hydroxylation sites is 1. The Morgan fingerprint density at radius 2 is 1.89 bits per heavy atom. The van der Waals surface area contributed by atoms with Crippen LogP contribution in [-0.2, 0) is 4.79 Å². The van der Waals surface area contributed by atoms with Crippen molar-refractivity contribution in [2.75, 3.05) is 26.7 Å². The fourth-order valence-corrected chi connectivity index (χ4v) is 2.69. The molecule has 140 valence electrons. The third-order valence-electron chi connectivity index (χ3n) is 4.05. The molecule has 0 fully saturated rings. The summed E-state index contributed by atoms with van der Waals surface area (Å²) in [6.07, 6.45) is 1.65. The minimum atomic E-state index is -0.335. The molecular weight excluding hydrogens is 349 g/mol. The van der Waals surface area contributed by atoms with E-state index in [1.807, 2.05) is 24.3 Å². The van der Waals surface area contributed by atoms with E-state index in [-0.39, 0.29) is 37.3 Å². The number of amides is 2. The number of aromatic amines is 1. The van der Waals surface area contributed by atoms with Crippen LogP contribution in [0.3, 0.4) is 0 Å². The van der Waals surface area contributed by atoms with Crippen LogP contribution >= 0.6 is 0 Å². The Hall–Kier alpha value is -3.35. The van der Waals surface area contributed by atoms with E-state index in [1.165, 1.54) is 29.2 Å². The molecule has 0 unspecified atom stereocenters. The van der Waals surface area contributed by atoms with Gasteiger partial charge < -0.3 is 19.9 Å². The lowest BCUT2D eigenvalue weighted by Crippen LogP contribution is -2.39. The quantitative estimate of drug-likeness (QED) is 0.629. The summed E-state index contributed by atoms with van der Waals surface area (Å²) in [5.74, 6) is -0.325. The lowest BCUT2D eigenvalue weighted by atomic mass is 10.1. The van der Waals surface area contributed by atoms with Gasteiger partial charge in [-0.05, 0) is 30.3 Å². The van der Waals surface area contributed by atoms with E-state index in [9.17, 15) is 14.0 Å². The van der Waals surface area contributed by atoms with Crippen LogP contribution in [0, 0.1) is 5.82 Å². The average molecular weight is 369 g/mol. The summed E-state index contributed by atoms with van der Waals surface area (Å²) in [7, 11) is 1.58. The van der Waals surface area contributed by atoms with Gasteiger partial charge in [0.1, 0.15) is 18.2 Å². The molecule has 2 N–H and O–H groups in total. The number of nitrogens with zero attached hydrogens (tertiary/aromatic N) is 1. The summed E-state index contributed by atoms with van der Waals surface area (Å²) in [6, 6.07) is 13.1. The summed E-state index contributed by atoms with van der Waals surface area (Å²) >= 11 is 0. The smallest absolute Gasteiger partial charge is 0.256 e. The molecule has 1 heterocycles. The van der Waals surface area contributed by atoms with E-state index in [0.717, 1.165) is 10.9 Å². The summed E-state index contributed by atoms with van der Waals surface area (Å²) in [5.41, 5.74) is 1.40. The van der Waals surface area contributed by atoms with E-state index in [2.05, 4.69) is 10.3 Å². The molecule has 2 aromatic carbocycles. The maximum Gasteiger partial charge on any atom is 0.256 e. The molecule has 1 aromatic heterocycles. The summed E-state index contributed by atoms with van der Waals surface area (Å²) in [6.45, 7) is 0.470.